The second kappa shape index (κ2) is 12.7. The molecular weight excluding hydrogens is 516 g/mol. The second-order valence-electron chi connectivity index (χ2n) is 10.4. The van der Waals surface area contributed by atoms with Crippen LogP contribution in [0.15, 0.2) is 12.1 Å². The molecule has 0 aromatic heterocycles. The molecule has 0 saturated heterocycles. The summed E-state index contributed by atoms with van der Waals surface area (Å²) in [5.74, 6) is -0.220. The zero-order valence-corrected chi connectivity index (χ0v) is 24.4. The number of methoxy groups -OCH3 is 1. The van der Waals surface area contributed by atoms with E-state index in [0.29, 0.717) is 53.4 Å². The van der Waals surface area contributed by atoms with E-state index in [9.17, 15) is 24.6 Å². The number of esters is 1. The molecule has 1 aliphatic rings. The number of phenols is 1. The van der Waals surface area contributed by atoms with E-state index >= 15 is 0 Å². The highest BCUT2D eigenvalue weighted by atomic mass is 16.6. The number of unbranched alkanes of at least 4 members (excludes halogenated alkanes) is 2. The molecule has 2 aromatic rings. The van der Waals surface area contributed by atoms with Crippen LogP contribution in [0.25, 0.3) is 0 Å². The number of carbonyl (C=O) groups excluding carboxylic acids is 3. The van der Waals surface area contributed by atoms with E-state index in [1.54, 1.807) is 26.0 Å². The van der Waals surface area contributed by atoms with Crippen molar-refractivity contribution >= 4 is 17.5 Å². The van der Waals surface area contributed by atoms with E-state index < -0.39 is 23.5 Å². The third kappa shape index (κ3) is 5.80. The van der Waals surface area contributed by atoms with Crippen molar-refractivity contribution in [2.45, 2.75) is 85.4 Å². The lowest BCUT2D eigenvalue weighted by Gasteiger charge is -2.38. The van der Waals surface area contributed by atoms with E-state index in [0.717, 1.165) is 31.2 Å². The summed E-state index contributed by atoms with van der Waals surface area (Å²) < 4.78 is 22.7. The smallest absolute Gasteiger partial charge is 0.353 e. The van der Waals surface area contributed by atoms with Gasteiger partial charge in [-0.25, -0.2) is 4.79 Å². The number of Topliss-reactive ketones (excluding diaryl/α,β-unsaturated/α-hetero) is 2. The number of hydrogen-bond acceptors (Lipinski definition) is 9. The fraction of sp³-hybridized carbons (Fsp3) is 0.516. The fourth-order valence-electron chi connectivity index (χ4n) is 5.01. The molecule has 2 unspecified atom stereocenters. The number of ketones is 2. The first-order chi connectivity index (χ1) is 18.9. The van der Waals surface area contributed by atoms with Gasteiger partial charge < -0.3 is 29.2 Å². The Hall–Kier alpha value is -3.59. The number of aliphatic hydroxyl groups is 1. The van der Waals surface area contributed by atoms with Crippen molar-refractivity contribution in [3.05, 3.63) is 45.5 Å². The Labute approximate surface area is 235 Å². The molecule has 40 heavy (non-hydrogen) atoms. The number of carbonyl (C=O) groups is 3. The molecule has 0 radical (unpaired) electrons. The van der Waals surface area contributed by atoms with Crippen LogP contribution in [0.4, 0.5) is 0 Å². The number of hydrogen-bond donors (Lipinski definition) is 2. The first kappa shape index (κ1) is 30.9. The summed E-state index contributed by atoms with van der Waals surface area (Å²) >= 11 is 0. The molecule has 0 amide bonds. The van der Waals surface area contributed by atoms with Crippen molar-refractivity contribution in [3.63, 3.8) is 0 Å². The molecule has 2 N–H and O–H groups in total. The van der Waals surface area contributed by atoms with Crippen LogP contribution in [0.3, 0.4) is 0 Å². The van der Waals surface area contributed by atoms with E-state index in [2.05, 4.69) is 0 Å². The van der Waals surface area contributed by atoms with Crippen LogP contribution >= 0.6 is 0 Å². The molecular formula is C31H40O9. The van der Waals surface area contributed by atoms with Crippen molar-refractivity contribution in [2.75, 3.05) is 20.3 Å². The normalized spacial score (nSPS) is 18.1. The molecule has 0 spiro atoms. The summed E-state index contributed by atoms with van der Waals surface area (Å²) in [7, 11) is 1.18. The minimum atomic E-state index is -1.83. The highest BCUT2D eigenvalue weighted by molar-refractivity contribution is 6.09. The first-order valence-corrected chi connectivity index (χ1v) is 13.6. The van der Waals surface area contributed by atoms with Gasteiger partial charge in [-0.15, -0.1) is 0 Å². The number of phenolic OH excluding ortho intramolecular Hbond substituents is 1. The summed E-state index contributed by atoms with van der Waals surface area (Å²) in [6.45, 7) is 11.0. The molecule has 218 valence electrons. The zero-order valence-electron chi connectivity index (χ0n) is 24.4. The first-order valence-electron chi connectivity index (χ1n) is 13.6. The van der Waals surface area contributed by atoms with Gasteiger partial charge in [0.05, 0.1) is 31.5 Å². The molecule has 2 atom stereocenters. The number of ether oxygens (including phenoxy) is 4. The quantitative estimate of drug-likeness (QED) is 0.212. The maximum atomic E-state index is 13.2. The maximum Gasteiger partial charge on any atom is 0.353 e. The molecule has 0 fully saturated rings. The monoisotopic (exact) mass is 556 g/mol. The van der Waals surface area contributed by atoms with Gasteiger partial charge in [0.25, 0.3) is 0 Å². The van der Waals surface area contributed by atoms with Crippen molar-refractivity contribution in [1.29, 1.82) is 0 Å². The van der Waals surface area contributed by atoms with Gasteiger partial charge in [-0.1, -0.05) is 13.3 Å². The van der Waals surface area contributed by atoms with Crippen LogP contribution in [-0.2, 0) is 16.0 Å². The fourth-order valence-corrected chi connectivity index (χ4v) is 5.01. The van der Waals surface area contributed by atoms with Crippen molar-refractivity contribution in [1.82, 2.24) is 0 Å². The highest BCUT2D eigenvalue weighted by Crippen LogP contribution is 2.44. The van der Waals surface area contributed by atoms with Crippen LogP contribution < -0.4 is 14.2 Å². The number of benzene rings is 2. The Morgan fingerprint density at radius 2 is 1.68 bits per heavy atom. The van der Waals surface area contributed by atoms with Gasteiger partial charge >= 0.3 is 5.97 Å². The van der Waals surface area contributed by atoms with Crippen LogP contribution in [0.5, 0.6) is 23.0 Å². The maximum absolute atomic E-state index is 13.2. The van der Waals surface area contributed by atoms with Gasteiger partial charge in [0.15, 0.2) is 17.7 Å². The molecule has 9 heteroatoms. The van der Waals surface area contributed by atoms with Gasteiger partial charge in [-0.3, -0.25) is 9.59 Å². The van der Waals surface area contributed by atoms with Crippen molar-refractivity contribution in [3.8, 4) is 23.0 Å². The Balaban J connectivity index is 1.62. The SMILES string of the molecule is CCCc1c(OCCCCCOc2c(C)c(C)c3c(c2C)C(=O)C(O)C(C)(C(=O)OC)O3)ccc(C(C)=O)c1O. The molecule has 0 bridgehead atoms. The topological polar surface area (TPSA) is 129 Å². The Kier molecular flexibility index (Phi) is 9.84. The number of aliphatic hydroxyl groups excluding tert-OH is 1. The summed E-state index contributed by atoms with van der Waals surface area (Å²) in [5.41, 5.74) is 1.32. The van der Waals surface area contributed by atoms with Gasteiger partial charge in [-0.2, -0.15) is 0 Å². The Bertz CT molecular complexity index is 1300. The van der Waals surface area contributed by atoms with Gasteiger partial charge in [0.1, 0.15) is 23.0 Å². The minimum absolute atomic E-state index is 0.00217. The molecule has 9 nitrogen and oxygen atoms in total. The van der Waals surface area contributed by atoms with Crippen LogP contribution in [-0.4, -0.2) is 59.8 Å². The molecule has 2 aromatic carbocycles. The number of fused-ring (bicyclic) bond motifs is 1. The van der Waals surface area contributed by atoms with Crippen molar-refractivity contribution in [2.24, 2.45) is 0 Å². The van der Waals surface area contributed by atoms with Crippen LogP contribution in [0, 0.1) is 20.8 Å². The molecule has 0 saturated carbocycles. The molecule has 3 rings (SSSR count). The van der Waals surface area contributed by atoms with E-state index in [1.807, 2.05) is 13.8 Å². The van der Waals surface area contributed by atoms with Crippen LogP contribution in [0.1, 0.15) is 89.4 Å². The van der Waals surface area contributed by atoms with E-state index in [4.69, 9.17) is 18.9 Å². The molecule has 1 heterocycles. The largest absolute Gasteiger partial charge is 0.507 e. The standard InChI is InChI=1S/C31H40O9/c1-8-12-22-23(14-13-21(20(5)32)25(22)33)38-15-10-9-11-16-39-27-17(2)18(3)28-24(19(27)4)26(34)29(35)31(6,40-28)30(36)37-7/h13-14,29,33,35H,8-12,15-16H2,1-7H3. The average molecular weight is 557 g/mol. The predicted molar refractivity (Wildman–Crippen MR) is 149 cm³/mol. The third-order valence-corrected chi connectivity index (χ3v) is 7.52. The Morgan fingerprint density at radius 3 is 2.27 bits per heavy atom. The lowest BCUT2D eigenvalue weighted by Crippen LogP contribution is -2.58. The lowest BCUT2D eigenvalue weighted by molar-refractivity contribution is -0.166. The number of aromatic hydroxyl groups is 1. The lowest BCUT2D eigenvalue weighted by atomic mass is 9.84. The second-order valence-corrected chi connectivity index (χ2v) is 10.4. The van der Waals surface area contributed by atoms with Gasteiger partial charge in [-0.05, 0) is 83.6 Å². The van der Waals surface area contributed by atoms with Gasteiger partial charge in [0, 0.05) is 11.1 Å². The van der Waals surface area contributed by atoms with Crippen molar-refractivity contribution < 1.29 is 43.5 Å². The third-order valence-electron chi connectivity index (χ3n) is 7.52. The predicted octanol–water partition coefficient (Wildman–Crippen LogP) is 4.97. The minimum Gasteiger partial charge on any atom is -0.507 e. The van der Waals surface area contributed by atoms with E-state index in [1.165, 1.54) is 21.0 Å². The molecule has 1 aliphatic heterocycles. The zero-order chi connectivity index (χ0) is 29.8. The Morgan fingerprint density at radius 1 is 1.02 bits per heavy atom. The summed E-state index contributed by atoms with van der Waals surface area (Å²) in [6.07, 6.45) is 2.03. The molecule has 0 aliphatic carbocycles. The average Bonchev–Trinajstić information content (AvgIpc) is 2.92. The summed E-state index contributed by atoms with van der Waals surface area (Å²) in [6, 6.07) is 3.33. The summed E-state index contributed by atoms with van der Waals surface area (Å²) in [5, 5.41) is 21.1. The summed E-state index contributed by atoms with van der Waals surface area (Å²) in [4.78, 5) is 37.2. The highest BCUT2D eigenvalue weighted by Gasteiger charge is 2.53. The van der Waals surface area contributed by atoms with Crippen LogP contribution in [0.2, 0.25) is 0 Å². The van der Waals surface area contributed by atoms with Gasteiger partial charge in [0.2, 0.25) is 5.60 Å². The number of rotatable bonds is 12. The van der Waals surface area contributed by atoms with E-state index in [-0.39, 0.29) is 22.8 Å².